The van der Waals surface area contributed by atoms with Crippen LogP contribution in [0.2, 0.25) is 0 Å². The summed E-state index contributed by atoms with van der Waals surface area (Å²) in [5, 5.41) is 2.70. The van der Waals surface area contributed by atoms with Crippen LogP contribution in [0.3, 0.4) is 0 Å². The van der Waals surface area contributed by atoms with E-state index < -0.39 is 11.8 Å². The van der Waals surface area contributed by atoms with Crippen LogP contribution in [0.4, 0.5) is 5.69 Å². The number of ether oxygens (including phenoxy) is 2. The van der Waals surface area contributed by atoms with Gasteiger partial charge in [0, 0.05) is 0 Å². The number of carbonyl (C=O) groups excluding carboxylic acids is 2. The summed E-state index contributed by atoms with van der Waals surface area (Å²) in [6.45, 7) is 12.9. The van der Waals surface area contributed by atoms with Crippen LogP contribution in [0.15, 0.2) is 54.1 Å². The van der Waals surface area contributed by atoms with Gasteiger partial charge in [-0.05, 0) is 117 Å². The zero-order valence-electron chi connectivity index (χ0n) is 22.6. The molecule has 0 aliphatic carbocycles. The fourth-order valence-corrected chi connectivity index (χ4v) is 5.01. The lowest BCUT2D eigenvalue weighted by atomic mass is 10.0. The first-order chi connectivity index (χ1) is 18.1. The van der Waals surface area contributed by atoms with E-state index in [1.807, 2.05) is 39.0 Å². The molecule has 4 rings (SSSR count). The summed E-state index contributed by atoms with van der Waals surface area (Å²) >= 11 is 5.34. The fraction of sp³-hybridized carbons (Fsp3) is 0.258. The molecule has 0 saturated carbocycles. The van der Waals surface area contributed by atoms with Gasteiger partial charge in [-0.2, -0.15) is 0 Å². The Bertz CT molecular complexity index is 1430. The minimum Gasteiger partial charge on any atom is -0.490 e. The van der Waals surface area contributed by atoms with E-state index in [4.69, 9.17) is 21.7 Å². The van der Waals surface area contributed by atoms with E-state index in [-0.39, 0.29) is 10.7 Å². The molecule has 6 nitrogen and oxygen atoms in total. The summed E-state index contributed by atoms with van der Waals surface area (Å²) in [5.41, 5.74) is 7.92. The number of anilines is 1. The van der Waals surface area contributed by atoms with E-state index >= 15 is 0 Å². The number of nitrogens with one attached hydrogen (secondary N) is 1. The number of nitrogens with zero attached hydrogens (tertiary/aromatic N) is 1. The normalized spacial score (nSPS) is 14.6. The quantitative estimate of drug-likeness (QED) is 0.230. The van der Waals surface area contributed by atoms with Crippen molar-refractivity contribution >= 4 is 40.9 Å². The van der Waals surface area contributed by atoms with Crippen LogP contribution in [-0.2, 0) is 16.2 Å². The summed E-state index contributed by atoms with van der Waals surface area (Å²) < 4.78 is 12.0. The van der Waals surface area contributed by atoms with Crippen LogP contribution >= 0.6 is 12.2 Å². The second-order valence-corrected chi connectivity index (χ2v) is 10.00. The third kappa shape index (κ3) is 5.78. The zero-order valence-corrected chi connectivity index (χ0v) is 23.4. The number of hydrogen-bond acceptors (Lipinski definition) is 5. The fourth-order valence-electron chi connectivity index (χ4n) is 4.73. The predicted molar refractivity (Wildman–Crippen MR) is 155 cm³/mol. The van der Waals surface area contributed by atoms with Crippen LogP contribution in [0, 0.1) is 34.6 Å². The first kappa shape index (κ1) is 27.1. The molecule has 0 aromatic heterocycles. The highest BCUT2D eigenvalue weighted by molar-refractivity contribution is 7.80. The third-order valence-corrected chi connectivity index (χ3v) is 6.64. The zero-order chi connectivity index (χ0) is 27.6. The molecular weight excluding hydrogens is 496 g/mol. The van der Waals surface area contributed by atoms with Crippen molar-refractivity contribution in [2.45, 2.75) is 48.1 Å². The Morgan fingerprint density at radius 1 is 0.842 bits per heavy atom. The standard InChI is InChI=1S/C31H32N2O4S/c1-7-36-28-16-23(8-9-27(28)37-17-26-21(5)11-20(4)12-22(26)6)15-25-29(34)32-31(38)33(30(25)35)24-13-18(2)10-19(3)14-24/h8-16H,7,17H2,1-6H3,(H,32,34,38)/b25-15+. The molecule has 0 unspecified atom stereocenters. The Hall–Kier alpha value is -3.97. The molecule has 196 valence electrons. The Labute approximate surface area is 229 Å². The molecule has 0 radical (unpaired) electrons. The van der Waals surface area contributed by atoms with Crippen molar-refractivity contribution in [3.05, 3.63) is 93.0 Å². The number of rotatable bonds is 7. The molecule has 1 aliphatic rings. The molecule has 3 aromatic carbocycles. The van der Waals surface area contributed by atoms with Crippen LogP contribution in [0.5, 0.6) is 11.5 Å². The average molecular weight is 529 g/mol. The van der Waals surface area contributed by atoms with Crippen molar-refractivity contribution in [1.82, 2.24) is 5.32 Å². The second kappa shape index (κ2) is 11.2. The van der Waals surface area contributed by atoms with Gasteiger partial charge in [0.25, 0.3) is 11.8 Å². The van der Waals surface area contributed by atoms with Crippen molar-refractivity contribution < 1.29 is 19.1 Å². The first-order valence-electron chi connectivity index (χ1n) is 12.5. The topological polar surface area (TPSA) is 67.9 Å². The number of hydrogen-bond donors (Lipinski definition) is 1. The molecule has 3 aromatic rings. The molecular formula is C31H32N2O4S. The van der Waals surface area contributed by atoms with Gasteiger partial charge in [0.2, 0.25) is 0 Å². The predicted octanol–water partition coefficient (Wildman–Crippen LogP) is 6.04. The van der Waals surface area contributed by atoms with Gasteiger partial charge in [-0.25, -0.2) is 0 Å². The van der Waals surface area contributed by atoms with Gasteiger partial charge in [-0.1, -0.05) is 29.8 Å². The number of aryl methyl sites for hydroxylation is 5. The summed E-state index contributed by atoms with van der Waals surface area (Å²) in [4.78, 5) is 27.6. The molecule has 1 fully saturated rings. The van der Waals surface area contributed by atoms with Crippen LogP contribution in [0.25, 0.3) is 6.08 Å². The number of amides is 2. The van der Waals surface area contributed by atoms with Crippen LogP contribution in [-0.4, -0.2) is 23.5 Å². The Balaban J connectivity index is 1.64. The molecule has 0 spiro atoms. The highest BCUT2D eigenvalue weighted by Gasteiger charge is 2.34. The third-order valence-electron chi connectivity index (χ3n) is 6.36. The molecule has 1 N–H and O–H groups in total. The maximum atomic E-state index is 13.5. The van der Waals surface area contributed by atoms with Crippen molar-refractivity contribution in [2.24, 2.45) is 0 Å². The molecule has 1 heterocycles. The largest absolute Gasteiger partial charge is 0.490 e. The van der Waals surface area contributed by atoms with Crippen molar-refractivity contribution in [2.75, 3.05) is 11.5 Å². The SMILES string of the molecule is CCOc1cc(/C=C2\C(=O)NC(=S)N(c3cc(C)cc(C)c3)C2=O)ccc1OCc1c(C)cc(C)cc1C. The Kier molecular flexibility index (Phi) is 7.97. The number of carbonyl (C=O) groups is 2. The monoisotopic (exact) mass is 528 g/mol. The van der Waals surface area contributed by atoms with E-state index in [9.17, 15) is 9.59 Å². The van der Waals surface area contributed by atoms with Gasteiger partial charge in [0.15, 0.2) is 16.6 Å². The summed E-state index contributed by atoms with van der Waals surface area (Å²) in [7, 11) is 0. The van der Waals surface area contributed by atoms with Gasteiger partial charge >= 0.3 is 0 Å². The molecule has 2 amide bonds. The lowest BCUT2D eigenvalue weighted by Gasteiger charge is -2.29. The molecule has 1 aliphatic heterocycles. The number of thiocarbonyl (C=S) groups is 1. The number of benzene rings is 3. The lowest BCUT2D eigenvalue weighted by molar-refractivity contribution is -0.122. The van der Waals surface area contributed by atoms with Crippen LogP contribution in [0.1, 0.15) is 45.9 Å². The van der Waals surface area contributed by atoms with Crippen molar-refractivity contribution in [3.63, 3.8) is 0 Å². The summed E-state index contributed by atoms with van der Waals surface area (Å²) in [6.07, 6.45) is 1.55. The Morgan fingerprint density at radius 2 is 1.47 bits per heavy atom. The van der Waals surface area contributed by atoms with E-state index in [2.05, 4.69) is 38.2 Å². The molecule has 7 heteroatoms. The Morgan fingerprint density at radius 3 is 2.11 bits per heavy atom. The minimum atomic E-state index is -0.538. The van der Waals surface area contributed by atoms with Gasteiger partial charge in [0.1, 0.15) is 12.2 Å². The first-order valence-corrected chi connectivity index (χ1v) is 12.9. The average Bonchev–Trinajstić information content (AvgIpc) is 2.81. The highest BCUT2D eigenvalue weighted by Crippen LogP contribution is 2.32. The lowest BCUT2D eigenvalue weighted by Crippen LogP contribution is -2.54. The molecule has 0 bridgehead atoms. The second-order valence-electron chi connectivity index (χ2n) is 9.61. The smallest absolute Gasteiger partial charge is 0.270 e. The van der Waals surface area contributed by atoms with Crippen molar-refractivity contribution in [1.29, 1.82) is 0 Å². The summed E-state index contributed by atoms with van der Waals surface area (Å²) in [5.74, 6) is 0.108. The highest BCUT2D eigenvalue weighted by atomic mass is 32.1. The van der Waals surface area contributed by atoms with Crippen molar-refractivity contribution in [3.8, 4) is 11.5 Å². The molecule has 0 atom stereocenters. The van der Waals surface area contributed by atoms with Crippen LogP contribution < -0.4 is 19.7 Å². The maximum absolute atomic E-state index is 13.5. The van der Waals surface area contributed by atoms with E-state index in [0.717, 1.165) is 16.7 Å². The van der Waals surface area contributed by atoms with Gasteiger partial charge in [0.05, 0.1) is 12.3 Å². The molecule has 38 heavy (non-hydrogen) atoms. The maximum Gasteiger partial charge on any atom is 0.270 e. The summed E-state index contributed by atoms with van der Waals surface area (Å²) in [6, 6.07) is 15.4. The van der Waals surface area contributed by atoms with E-state index in [0.29, 0.717) is 36.0 Å². The van der Waals surface area contributed by atoms with E-state index in [1.54, 1.807) is 24.3 Å². The van der Waals surface area contributed by atoms with Gasteiger partial charge < -0.3 is 9.47 Å². The minimum absolute atomic E-state index is 0.0141. The molecule has 1 saturated heterocycles. The van der Waals surface area contributed by atoms with Gasteiger partial charge in [-0.3, -0.25) is 19.8 Å². The van der Waals surface area contributed by atoms with E-state index in [1.165, 1.54) is 21.6 Å². The van der Waals surface area contributed by atoms with Gasteiger partial charge in [-0.15, -0.1) is 0 Å².